The average molecular weight is 368 g/mol. The normalized spacial score (nSPS) is 19.6. The molecule has 1 aliphatic rings. The standard InChI is InChI=1S/C23H33N3O/c1-6-11-19(27-8-3)21-20(17-13-10-9-12-16(17)7-2)18(14-24)23(25)26-22(21)15(4)5/h9-15,20H,6-8,24H2,1-5H3,(H2,25,26)/b18-14-,19-11?. The molecule has 1 aromatic rings. The van der Waals surface area contributed by atoms with Gasteiger partial charge in [0.2, 0.25) is 0 Å². The molecule has 4 N–H and O–H groups in total. The van der Waals surface area contributed by atoms with Gasteiger partial charge in [0.15, 0.2) is 0 Å². The van der Waals surface area contributed by atoms with Crippen molar-refractivity contribution < 1.29 is 4.74 Å². The first kappa shape index (κ1) is 20.8. The van der Waals surface area contributed by atoms with E-state index in [0.29, 0.717) is 12.4 Å². The third kappa shape index (κ3) is 4.26. The Morgan fingerprint density at radius 1 is 1.22 bits per heavy atom. The predicted octanol–water partition coefficient (Wildman–Crippen LogP) is 4.79. The summed E-state index contributed by atoms with van der Waals surface area (Å²) in [5.41, 5.74) is 17.8. The Hall–Kier alpha value is -2.49. The van der Waals surface area contributed by atoms with Gasteiger partial charge in [-0.15, -0.1) is 0 Å². The van der Waals surface area contributed by atoms with E-state index in [4.69, 9.17) is 21.2 Å². The van der Waals surface area contributed by atoms with Crippen LogP contribution in [-0.4, -0.2) is 12.4 Å². The van der Waals surface area contributed by atoms with E-state index < -0.39 is 0 Å². The number of nitrogens with two attached hydrogens (primary N) is 2. The van der Waals surface area contributed by atoms with Crippen molar-refractivity contribution in [2.24, 2.45) is 22.4 Å². The van der Waals surface area contributed by atoms with E-state index in [1.54, 1.807) is 6.20 Å². The fourth-order valence-electron chi connectivity index (χ4n) is 3.64. The van der Waals surface area contributed by atoms with Crippen LogP contribution in [0.4, 0.5) is 0 Å². The molecule has 0 amide bonds. The van der Waals surface area contributed by atoms with Crippen LogP contribution in [0.3, 0.4) is 0 Å². The number of hydrogen-bond donors (Lipinski definition) is 2. The van der Waals surface area contributed by atoms with Crippen molar-refractivity contribution in [3.8, 4) is 0 Å². The highest BCUT2D eigenvalue weighted by Crippen LogP contribution is 2.44. The Kier molecular flexibility index (Phi) is 7.28. The molecule has 4 nitrogen and oxygen atoms in total. The molecule has 146 valence electrons. The minimum atomic E-state index is -0.0783. The van der Waals surface area contributed by atoms with Crippen LogP contribution in [0.25, 0.3) is 0 Å². The zero-order chi connectivity index (χ0) is 20.0. The van der Waals surface area contributed by atoms with Gasteiger partial charge in [0.25, 0.3) is 0 Å². The number of ether oxygens (including phenoxy) is 1. The minimum absolute atomic E-state index is 0.0783. The van der Waals surface area contributed by atoms with Gasteiger partial charge in [0.1, 0.15) is 11.6 Å². The van der Waals surface area contributed by atoms with Gasteiger partial charge in [0.05, 0.1) is 12.3 Å². The monoisotopic (exact) mass is 367 g/mol. The van der Waals surface area contributed by atoms with Crippen molar-refractivity contribution in [2.75, 3.05) is 6.61 Å². The van der Waals surface area contributed by atoms with E-state index >= 15 is 0 Å². The first-order valence-electron chi connectivity index (χ1n) is 9.91. The second kappa shape index (κ2) is 9.45. The van der Waals surface area contributed by atoms with Crippen LogP contribution in [0, 0.1) is 5.92 Å². The Morgan fingerprint density at radius 2 is 1.93 bits per heavy atom. The zero-order valence-corrected chi connectivity index (χ0v) is 17.3. The molecule has 1 aromatic carbocycles. The number of aryl methyl sites for hydroxylation is 1. The Labute approximate surface area is 163 Å². The third-order valence-corrected chi connectivity index (χ3v) is 4.84. The molecule has 27 heavy (non-hydrogen) atoms. The third-order valence-electron chi connectivity index (χ3n) is 4.84. The van der Waals surface area contributed by atoms with E-state index in [-0.39, 0.29) is 11.8 Å². The second-order valence-corrected chi connectivity index (χ2v) is 6.97. The van der Waals surface area contributed by atoms with E-state index in [1.165, 1.54) is 11.1 Å². The van der Waals surface area contributed by atoms with Crippen molar-refractivity contribution in [3.63, 3.8) is 0 Å². The van der Waals surface area contributed by atoms with Crippen molar-refractivity contribution in [1.29, 1.82) is 0 Å². The summed E-state index contributed by atoms with van der Waals surface area (Å²) in [5, 5.41) is 0. The van der Waals surface area contributed by atoms with Crippen LogP contribution in [0.1, 0.15) is 58.1 Å². The summed E-state index contributed by atoms with van der Waals surface area (Å²) in [5.74, 6) is 1.52. The van der Waals surface area contributed by atoms with Crippen LogP contribution in [0.5, 0.6) is 0 Å². The molecular weight excluding hydrogens is 334 g/mol. The first-order chi connectivity index (χ1) is 13.0. The lowest BCUT2D eigenvalue weighted by Crippen LogP contribution is -2.29. The summed E-state index contributed by atoms with van der Waals surface area (Å²) < 4.78 is 6.08. The maximum Gasteiger partial charge on any atom is 0.129 e. The van der Waals surface area contributed by atoms with E-state index in [0.717, 1.165) is 35.4 Å². The van der Waals surface area contributed by atoms with Crippen LogP contribution in [0.15, 0.2) is 64.1 Å². The molecule has 0 saturated heterocycles. The molecule has 1 aliphatic heterocycles. The summed E-state index contributed by atoms with van der Waals surface area (Å²) >= 11 is 0. The predicted molar refractivity (Wildman–Crippen MR) is 114 cm³/mol. The van der Waals surface area contributed by atoms with E-state index in [9.17, 15) is 0 Å². The number of nitrogens with zero attached hydrogens (tertiary/aromatic N) is 1. The average Bonchev–Trinajstić information content (AvgIpc) is 2.66. The van der Waals surface area contributed by atoms with Crippen molar-refractivity contribution in [2.45, 2.75) is 53.4 Å². The van der Waals surface area contributed by atoms with Gasteiger partial charge in [0, 0.05) is 23.3 Å². The lowest BCUT2D eigenvalue weighted by atomic mass is 9.77. The smallest absolute Gasteiger partial charge is 0.129 e. The maximum atomic E-state index is 6.35. The SMILES string of the molecule is CCC=C(OCC)C1=C(C(C)C)N=C(N)/C(=C\N)C1c1ccccc1CC. The van der Waals surface area contributed by atoms with Crippen LogP contribution in [0.2, 0.25) is 0 Å². The minimum Gasteiger partial charge on any atom is -0.494 e. The van der Waals surface area contributed by atoms with Crippen LogP contribution in [-0.2, 0) is 11.2 Å². The molecule has 4 heteroatoms. The highest BCUT2D eigenvalue weighted by Gasteiger charge is 2.34. The molecule has 1 unspecified atom stereocenters. The van der Waals surface area contributed by atoms with Gasteiger partial charge in [-0.2, -0.15) is 0 Å². The van der Waals surface area contributed by atoms with E-state index in [2.05, 4.69) is 58.0 Å². The number of amidine groups is 1. The van der Waals surface area contributed by atoms with Crippen molar-refractivity contribution in [1.82, 2.24) is 0 Å². The topological polar surface area (TPSA) is 73.6 Å². The van der Waals surface area contributed by atoms with Crippen molar-refractivity contribution >= 4 is 5.84 Å². The summed E-state index contributed by atoms with van der Waals surface area (Å²) in [6, 6.07) is 8.48. The molecule has 0 fully saturated rings. The number of hydrogen-bond acceptors (Lipinski definition) is 4. The fraction of sp³-hybridized carbons (Fsp3) is 0.435. The molecule has 0 aromatic heterocycles. The number of aliphatic imine (C=N–C) groups is 1. The number of allylic oxidation sites excluding steroid dienone is 3. The van der Waals surface area contributed by atoms with Crippen LogP contribution < -0.4 is 11.5 Å². The zero-order valence-electron chi connectivity index (χ0n) is 17.3. The highest BCUT2D eigenvalue weighted by atomic mass is 16.5. The van der Waals surface area contributed by atoms with Crippen molar-refractivity contribution in [3.05, 3.63) is 70.3 Å². The summed E-state index contributed by atoms with van der Waals surface area (Å²) in [6.07, 6.45) is 5.55. The molecule has 1 heterocycles. The molecule has 2 rings (SSSR count). The van der Waals surface area contributed by atoms with Gasteiger partial charge in [-0.25, -0.2) is 4.99 Å². The van der Waals surface area contributed by atoms with Gasteiger partial charge in [-0.05, 0) is 42.9 Å². The molecule has 0 aliphatic carbocycles. The molecule has 0 bridgehead atoms. The van der Waals surface area contributed by atoms with Gasteiger partial charge in [-0.1, -0.05) is 52.0 Å². The largest absolute Gasteiger partial charge is 0.494 e. The molecule has 0 saturated carbocycles. The Bertz CT molecular complexity index is 785. The summed E-state index contributed by atoms with van der Waals surface area (Å²) in [7, 11) is 0. The quantitative estimate of drug-likeness (QED) is 0.681. The first-order valence-corrected chi connectivity index (χ1v) is 9.91. The second-order valence-electron chi connectivity index (χ2n) is 6.97. The molecule has 0 spiro atoms. The highest BCUT2D eigenvalue weighted by molar-refractivity contribution is 6.01. The van der Waals surface area contributed by atoms with Gasteiger partial charge >= 0.3 is 0 Å². The summed E-state index contributed by atoms with van der Waals surface area (Å²) in [6.45, 7) is 11.2. The number of benzene rings is 1. The van der Waals surface area contributed by atoms with Crippen LogP contribution >= 0.6 is 0 Å². The lowest BCUT2D eigenvalue weighted by Gasteiger charge is -2.32. The molecule has 0 radical (unpaired) electrons. The fourth-order valence-corrected chi connectivity index (χ4v) is 3.64. The Balaban J connectivity index is 2.85. The van der Waals surface area contributed by atoms with Gasteiger partial charge < -0.3 is 16.2 Å². The summed E-state index contributed by atoms with van der Waals surface area (Å²) in [4.78, 5) is 4.74. The van der Waals surface area contributed by atoms with E-state index in [1.807, 2.05) is 6.92 Å². The Morgan fingerprint density at radius 3 is 2.48 bits per heavy atom. The molecular formula is C23H33N3O. The maximum absolute atomic E-state index is 6.35. The number of rotatable bonds is 7. The lowest BCUT2D eigenvalue weighted by molar-refractivity contribution is 0.233. The van der Waals surface area contributed by atoms with Gasteiger partial charge in [-0.3, -0.25) is 0 Å². The molecule has 1 atom stereocenters.